The van der Waals surface area contributed by atoms with Gasteiger partial charge < -0.3 is 10.2 Å². The Kier molecular flexibility index (Phi) is 8.44. The molecule has 1 fully saturated rings. The molecule has 1 heterocycles. The highest BCUT2D eigenvalue weighted by Crippen LogP contribution is 2.19. The first-order valence-corrected chi connectivity index (χ1v) is 9.69. The Morgan fingerprint density at radius 1 is 1.33 bits per heavy atom. The lowest BCUT2D eigenvalue weighted by atomic mass is 10.2. The molecule has 0 amide bonds. The van der Waals surface area contributed by atoms with E-state index in [0.29, 0.717) is 19.6 Å². The Morgan fingerprint density at radius 3 is 2.58 bits per heavy atom. The molecule has 24 heavy (non-hydrogen) atoms. The topological polar surface area (TPSA) is 65.0 Å². The van der Waals surface area contributed by atoms with Crippen molar-refractivity contribution in [3.8, 4) is 0 Å². The molecule has 0 spiro atoms. The number of aliphatic imine (C=N–C) groups is 1. The molecule has 0 bridgehead atoms. The molecule has 1 saturated heterocycles. The zero-order valence-electron chi connectivity index (χ0n) is 14.5. The fraction of sp³-hybridized carbons (Fsp3) is 0.562. The summed E-state index contributed by atoms with van der Waals surface area (Å²) < 4.78 is 25.2. The third-order valence-corrected chi connectivity index (χ3v) is 5.26. The fourth-order valence-corrected chi connectivity index (χ4v) is 3.95. The van der Waals surface area contributed by atoms with Gasteiger partial charge in [-0.3, -0.25) is 0 Å². The molecule has 1 atom stereocenters. The number of nitrogens with zero attached hydrogens (tertiary/aromatic N) is 3. The van der Waals surface area contributed by atoms with E-state index in [1.54, 1.807) is 4.31 Å². The number of hydrogen-bond acceptors (Lipinski definition) is 3. The van der Waals surface area contributed by atoms with Gasteiger partial charge in [0.25, 0.3) is 0 Å². The molecule has 0 aliphatic carbocycles. The Labute approximate surface area is 162 Å². The largest absolute Gasteiger partial charge is 0.355 e. The molecule has 1 aliphatic rings. The smallest absolute Gasteiger partial charge is 0.211 e. The zero-order valence-corrected chi connectivity index (χ0v) is 17.6. The van der Waals surface area contributed by atoms with Crippen LogP contribution in [0.15, 0.2) is 35.3 Å². The van der Waals surface area contributed by atoms with Gasteiger partial charge in [0.15, 0.2) is 5.96 Å². The van der Waals surface area contributed by atoms with Crippen molar-refractivity contribution in [2.75, 3.05) is 33.4 Å². The second-order valence-corrected chi connectivity index (χ2v) is 8.01. The Hall–Kier alpha value is -0.870. The lowest BCUT2D eigenvalue weighted by molar-refractivity contribution is 0.384. The molecular weight excluding hydrogens is 439 g/mol. The van der Waals surface area contributed by atoms with Crippen LogP contribution in [0, 0.1) is 0 Å². The van der Waals surface area contributed by atoms with E-state index < -0.39 is 10.0 Å². The summed E-state index contributed by atoms with van der Waals surface area (Å²) in [7, 11) is 0.725. The van der Waals surface area contributed by atoms with Crippen molar-refractivity contribution in [2.45, 2.75) is 25.4 Å². The summed E-state index contributed by atoms with van der Waals surface area (Å²) in [6.07, 6.45) is 3.08. The average Bonchev–Trinajstić information content (AvgIpc) is 2.96. The molecule has 0 saturated carbocycles. The number of guanidine groups is 1. The molecule has 1 aromatic rings. The van der Waals surface area contributed by atoms with Crippen LogP contribution in [0.4, 0.5) is 0 Å². The summed E-state index contributed by atoms with van der Waals surface area (Å²) >= 11 is 0. The van der Waals surface area contributed by atoms with Crippen LogP contribution in [0.2, 0.25) is 0 Å². The van der Waals surface area contributed by atoms with Crippen molar-refractivity contribution >= 4 is 40.0 Å². The van der Waals surface area contributed by atoms with Crippen molar-refractivity contribution < 1.29 is 8.42 Å². The van der Waals surface area contributed by atoms with Crippen molar-refractivity contribution in [1.29, 1.82) is 0 Å². The van der Waals surface area contributed by atoms with E-state index in [0.717, 1.165) is 24.4 Å². The van der Waals surface area contributed by atoms with Gasteiger partial charge in [-0.2, -0.15) is 4.31 Å². The minimum atomic E-state index is -3.14. The Bertz CT molecular complexity index is 635. The molecule has 0 unspecified atom stereocenters. The van der Waals surface area contributed by atoms with Gasteiger partial charge in [0.05, 0.1) is 12.8 Å². The number of rotatable bonds is 5. The number of nitrogens with one attached hydrogen (secondary N) is 1. The number of benzene rings is 1. The highest BCUT2D eigenvalue weighted by Gasteiger charge is 2.31. The number of halogens is 1. The summed E-state index contributed by atoms with van der Waals surface area (Å²) in [4.78, 5) is 6.52. The van der Waals surface area contributed by atoms with Crippen LogP contribution in [-0.2, 0) is 16.6 Å². The van der Waals surface area contributed by atoms with Gasteiger partial charge in [0, 0.05) is 33.2 Å². The second kappa shape index (κ2) is 9.57. The molecule has 1 aliphatic heterocycles. The first-order chi connectivity index (χ1) is 10.9. The maximum atomic E-state index is 11.8. The summed E-state index contributed by atoms with van der Waals surface area (Å²) in [6.45, 7) is 1.80. The van der Waals surface area contributed by atoms with E-state index in [-0.39, 0.29) is 30.0 Å². The Balaban J connectivity index is 0.00000288. The predicted molar refractivity (Wildman–Crippen MR) is 109 cm³/mol. The summed E-state index contributed by atoms with van der Waals surface area (Å²) in [5, 5.41) is 3.30. The lowest BCUT2D eigenvalue weighted by Crippen LogP contribution is -2.45. The molecule has 0 aromatic heterocycles. The highest BCUT2D eigenvalue weighted by molar-refractivity contribution is 14.0. The van der Waals surface area contributed by atoms with Crippen LogP contribution >= 0.6 is 24.0 Å². The van der Waals surface area contributed by atoms with E-state index in [4.69, 9.17) is 0 Å². The van der Waals surface area contributed by atoms with Crippen molar-refractivity contribution in [1.82, 2.24) is 14.5 Å². The van der Waals surface area contributed by atoms with Crippen molar-refractivity contribution in [3.05, 3.63) is 35.9 Å². The third-order valence-electron chi connectivity index (χ3n) is 3.92. The molecule has 1 aromatic carbocycles. The van der Waals surface area contributed by atoms with Gasteiger partial charge in [-0.25, -0.2) is 13.4 Å². The summed E-state index contributed by atoms with van der Waals surface area (Å²) in [6, 6.07) is 10.1. The third kappa shape index (κ3) is 6.21. The predicted octanol–water partition coefficient (Wildman–Crippen LogP) is 1.74. The molecule has 1 N–H and O–H groups in total. The summed E-state index contributed by atoms with van der Waals surface area (Å²) in [5.74, 6) is 0.772. The van der Waals surface area contributed by atoms with E-state index in [1.165, 1.54) is 6.26 Å². The summed E-state index contributed by atoms with van der Waals surface area (Å²) in [5.41, 5.74) is 1.15. The first kappa shape index (κ1) is 21.2. The lowest BCUT2D eigenvalue weighted by Gasteiger charge is -2.25. The normalized spacial score (nSPS) is 19.0. The standard InChI is InChI=1S/C16H26N4O2S.HI/c1-19(2)16(17-12-14-8-5-4-6-9-14)18-13-15-10-7-11-20(15)23(3,21)22;/h4-6,8-9,15H,7,10-13H2,1-3H3,(H,17,18);1H/t15-;/m1./s1. The first-order valence-electron chi connectivity index (χ1n) is 7.84. The number of sulfonamides is 1. The SMILES string of the molecule is CN(C)C(=NCc1ccccc1)NC[C@H]1CCCN1S(C)(=O)=O.I. The minimum Gasteiger partial charge on any atom is -0.355 e. The molecule has 2 rings (SSSR count). The second-order valence-electron chi connectivity index (χ2n) is 6.07. The molecule has 8 heteroatoms. The van der Waals surface area contributed by atoms with E-state index in [2.05, 4.69) is 10.3 Å². The molecule has 6 nitrogen and oxygen atoms in total. The maximum Gasteiger partial charge on any atom is 0.211 e. The van der Waals surface area contributed by atoms with Crippen LogP contribution in [0.5, 0.6) is 0 Å². The molecule has 136 valence electrons. The van der Waals surface area contributed by atoms with Gasteiger partial charge in [0.2, 0.25) is 10.0 Å². The van der Waals surface area contributed by atoms with Gasteiger partial charge >= 0.3 is 0 Å². The fourth-order valence-electron chi connectivity index (χ4n) is 2.76. The van der Waals surface area contributed by atoms with Crippen LogP contribution in [0.1, 0.15) is 18.4 Å². The van der Waals surface area contributed by atoms with Crippen LogP contribution in [-0.4, -0.2) is 63.1 Å². The monoisotopic (exact) mass is 466 g/mol. The number of hydrogen-bond donors (Lipinski definition) is 1. The van der Waals surface area contributed by atoms with Gasteiger partial charge in [-0.15, -0.1) is 24.0 Å². The van der Waals surface area contributed by atoms with E-state index >= 15 is 0 Å². The van der Waals surface area contributed by atoms with Crippen LogP contribution in [0.3, 0.4) is 0 Å². The zero-order chi connectivity index (χ0) is 16.9. The quantitative estimate of drug-likeness (QED) is 0.408. The average molecular weight is 466 g/mol. The van der Waals surface area contributed by atoms with Gasteiger partial charge in [-0.05, 0) is 18.4 Å². The minimum absolute atomic E-state index is 0. The van der Waals surface area contributed by atoms with Gasteiger partial charge in [-0.1, -0.05) is 30.3 Å². The van der Waals surface area contributed by atoms with Crippen LogP contribution in [0.25, 0.3) is 0 Å². The van der Waals surface area contributed by atoms with Gasteiger partial charge in [0.1, 0.15) is 0 Å². The molecular formula is C16H27IN4O2S. The van der Waals surface area contributed by atoms with Crippen molar-refractivity contribution in [3.63, 3.8) is 0 Å². The van der Waals surface area contributed by atoms with E-state index in [1.807, 2.05) is 49.3 Å². The van der Waals surface area contributed by atoms with Crippen molar-refractivity contribution in [2.24, 2.45) is 4.99 Å². The molecule has 0 radical (unpaired) electrons. The van der Waals surface area contributed by atoms with Crippen LogP contribution < -0.4 is 5.32 Å². The highest BCUT2D eigenvalue weighted by atomic mass is 127. The maximum absolute atomic E-state index is 11.8. The Morgan fingerprint density at radius 2 is 2.00 bits per heavy atom. The van der Waals surface area contributed by atoms with E-state index in [9.17, 15) is 8.42 Å².